The first-order valence-corrected chi connectivity index (χ1v) is 5.86. The van der Waals surface area contributed by atoms with Crippen LogP contribution >= 0.6 is 11.6 Å². The quantitative estimate of drug-likeness (QED) is 0.580. The minimum Gasteiger partial charge on any atom is -0.389 e. The molecule has 18 heavy (non-hydrogen) atoms. The predicted molar refractivity (Wildman–Crippen MR) is 65.1 cm³/mol. The van der Waals surface area contributed by atoms with Gasteiger partial charge >= 0.3 is 11.9 Å². The van der Waals surface area contributed by atoms with Crippen LogP contribution in [-0.4, -0.2) is 17.5 Å². The maximum absolute atomic E-state index is 11.9. The molecule has 0 unspecified atom stereocenters. The van der Waals surface area contributed by atoms with Gasteiger partial charge in [0.2, 0.25) is 0 Å². The van der Waals surface area contributed by atoms with Crippen molar-refractivity contribution < 1.29 is 19.1 Å². The summed E-state index contributed by atoms with van der Waals surface area (Å²) in [5, 5.41) is 0.557. The number of halogens is 1. The standard InChI is InChI=1S/C13H13ClO4/c1-12(2)10(15)17-11(16)13(3,18-12)8-4-6-9(14)7-5-8/h4-7H,1-3H3/t13-/m1/s1. The number of cyclic esters (lactones) is 2. The van der Waals surface area contributed by atoms with E-state index < -0.39 is 23.1 Å². The lowest BCUT2D eigenvalue weighted by molar-refractivity contribution is -0.227. The van der Waals surface area contributed by atoms with Gasteiger partial charge in [0.25, 0.3) is 0 Å². The number of ether oxygens (including phenoxy) is 2. The van der Waals surface area contributed by atoms with Gasteiger partial charge in [-0.05, 0) is 38.5 Å². The Bertz CT molecular complexity index is 506. The van der Waals surface area contributed by atoms with Crippen LogP contribution in [0.5, 0.6) is 0 Å². The summed E-state index contributed by atoms with van der Waals surface area (Å²) < 4.78 is 10.4. The summed E-state index contributed by atoms with van der Waals surface area (Å²) in [5.74, 6) is -1.40. The zero-order valence-electron chi connectivity index (χ0n) is 10.3. The summed E-state index contributed by atoms with van der Waals surface area (Å²) in [5.41, 5.74) is -1.87. The van der Waals surface area contributed by atoms with E-state index in [-0.39, 0.29) is 0 Å². The molecule has 0 spiro atoms. The smallest absolute Gasteiger partial charge is 0.350 e. The lowest BCUT2D eigenvalue weighted by atomic mass is 9.92. The minimum absolute atomic E-state index is 0.557. The SMILES string of the molecule is CC1(C)O[C@](C)(c2ccc(Cl)cc2)C(=O)OC1=O. The van der Waals surface area contributed by atoms with Gasteiger partial charge in [-0.2, -0.15) is 0 Å². The van der Waals surface area contributed by atoms with E-state index in [0.717, 1.165) is 0 Å². The van der Waals surface area contributed by atoms with Gasteiger partial charge in [0.05, 0.1) is 0 Å². The van der Waals surface area contributed by atoms with E-state index in [1.54, 1.807) is 45.0 Å². The molecule has 0 aliphatic carbocycles. The zero-order chi connectivity index (χ0) is 13.6. The van der Waals surface area contributed by atoms with Crippen LogP contribution < -0.4 is 0 Å². The van der Waals surface area contributed by atoms with Crippen LogP contribution in [0.4, 0.5) is 0 Å². The van der Waals surface area contributed by atoms with E-state index in [1.165, 1.54) is 0 Å². The average Bonchev–Trinajstić information content (AvgIpc) is 2.27. The molecule has 0 bridgehead atoms. The molecule has 4 nitrogen and oxygen atoms in total. The van der Waals surface area contributed by atoms with Gasteiger partial charge in [-0.25, -0.2) is 9.59 Å². The fraction of sp³-hybridized carbons (Fsp3) is 0.385. The molecule has 1 fully saturated rings. The topological polar surface area (TPSA) is 52.6 Å². The molecule has 0 aromatic heterocycles. The van der Waals surface area contributed by atoms with Gasteiger partial charge in [0, 0.05) is 5.02 Å². The first kappa shape index (κ1) is 13.1. The Labute approximate surface area is 110 Å². The molecule has 1 aliphatic rings. The van der Waals surface area contributed by atoms with E-state index >= 15 is 0 Å². The predicted octanol–water partition coefficient (Wildman–Crippen LogP) is 2.43. The first-order chi connectivity index (χ1) is 8.25. The second kappa shape index (κ2) is 4.07. The number of carbonyl (C=O) groups is 2. The van der Waals surface area contributed by atoms with Crippen LogP contribution in [0.3, 0.4) is 0 Å². The summed E-state index contributed by atoms with van der Waals surface area (Å²) in [4.78, 5) is 23.4. The Kier molecular flexibility index (Phi) is 2.95. The second-order valence-corrected chi connectivity index (χ2v) is 5.27. The highest BCUT2D eigenvalue weighted by Crippen LogP contribution is 2.36. The van der Waals surface area contributed by atoms with Crippen molar-refractivity contribution in [2.24, 2.45) is 0 Å². The molecule has 5 heteroatoms. The third-order valence-electron chi connectivity index (χ3n) is 2.92. The fourth-order valence-electron chi connectivity index (χ4n) is 1.84. The Balaban J connectivity index is 2.43. The average molecular weight is 269 g/mol. The Morgan fingerprint density at radius 3 is 2.11 bits per heavy atom. The van der Waals surface area contributed by atoms with Crippen molar-refractivity contribution in [2.75, 3.05) is 0 Å². The van der Waals surface area contributed by atoms with Crippen molar-refractivity contribution in [3.63, 3.8) is 0 Å². The number of benzene rings is 1. The molecule has 0 N–H and O–H groups in total. The van der Waals surface area contributed by atoms with Crippen LogP contribution in [-0.2, 0) is 24.7 Å². The molecule has 0 amide bonds. The summed E-state index contributed by atoms with van der Waals surface area (Å²) in [7, 11) is 0. The highest BCUT2D eigenvalue weighted by molar-refractivity contribution is 6.30. The molecular weight excluding hydrogens is 256 g/mol. The van der Waals surface area contributed by atoms with Crippen molar-refractivity contribution in [1.29, 1.82) is 0 Å². The van der Waals surface area contributed by atoms with Gasteiger partial charge in [0.1, 0.15) is 0 Å². The maximum atomic E-state index is 11.9. The van der Waals surface area contributed by atoms with E-state index in [2.05, 4.69) is 0 Å². The van der Waals surface area contributed by atoms with Crippen molar-refractivity contribution in [3.05, 3.63) is 34.9 Å². The number of esters is 2. The van der Waals surface area contributed by atoms with Crippen LogP contribution in [0.1, 0.15) is 26.3 Å². The van der Waals surface area contributed by atoms with E-state index in [1.807, 2.05) is 0 Å². The highest BCUT2D eigenvalue weighted by atomic mass is 35.5. The van der Waals surface area contributed by atoms with E-state index in [9.17, 15) is 9.59 Å². The van der Waals surface area contributed by atoms with Gasteiger partial charge < -0.3 is 9.47 Å². The highest BCUT2D eigenvalue weighted by Gasteiger charge is 2.52. The first-order valence-electron chi connectivity index (χ1n) is 5.49. The largest absolute Gasteiger partial charge is 0.389 e. The molecule has 1 aromatic carbocycles. The molecular formula is C13H13ClO4. The number of hydrogen-bond donors (Lipinski definition) is 0. The number of rotatable bonds is 1. The van der Waals surface area contributed by atoms with Crippen LogP contribution in [0, 0.1) is 0 Å². The van der Waals surface area contributed by atoms with Crippen molar-refractivity contribution in [2.45, 2.75) is 32.0 Å². The number of carbonyl (C=O) groups excluding carboxylic acids is 2. The lowest BCUT2D eigenvalue weighted by Gasteiger charge is -2.39. The fourth-order valence-corrected chi connectivity index (χ4v) is 1.97. The Hall–Kier alpha value is -1.39. The lowest BCUT2D eigenvalue weighted by Crippen LogP contribution is -2.55. The summed E-state index contributed by atoms with van der Waals surface area (Å²) in [6.07, 6.45) is 0. The second-order valence-electron chi connectivity index (χ2n) is 4.83. The molecule has 0 saturated carbocycles. The van der Waals surface area contributed by atoms with Gasteiger partial charge in [-0.3, -0.25) is 0 Å². The van der Waals surface area contributed by atoms with Gasteiger partial charge in [0.15, 0.2) is 11.2 Å². The van der Waals surface area contributed by atoms with Crippen molar-refractivity contribution in [1.82, 2.24) is 0 Å². The maximum Gasteiger partial charge on any atom is 0.350 e. The molecule has 1 atom stereocenters. The monoisotopic (exact) mass is 268 g/mol. The zero-order valence-corrected chi connectivity index (χ0v) is 11.1. The molecule has 1 aromatic rings. The van der Waals surface area contributed by atoms with Gasteiger partial charge in [-0.1, -0.05) is 23.7 Å². The summed E-state index contributed by atoms with van der Waals surface area (Å²) in [6, 6.07) is 6.66. The molecule has 1 saturated heterocycles. The number of hydrogen-bond acceptors (Lipinski definition) is 4. The summed E-state index contributed by atoms with van der Waals surface area (Å²) >= 11 is 5.80. The Morgan fingerprint density at radius 2 is 1.56 bits per heavy atom. The Morgan fingerprint density at radius 1 is 1.00 bits per heavy atom. The van der Waals surface area contributed by atoms with Crippen molar-refractivity contribution >= 4 is 23.5 Å². The third kappa shape index (κ3) is 2.02. The molecule has 96 valence electrons. The minimum atomic E-state index is -1.30. The van der Waals surface area contributed by atoms with Crippen LogP contribution in [0.25, 0.3) is 0 Å². The molecule has 2 rings (SSSR count). The normalized spacial score (nSPS) is 26.9. The van der Waals surface area contributed by atoms with Gasteiger partial charge in [-0.15, -0.1) is 0 Å². The molecule has 1 heterocycles. The van der Waals surface area contributed by atoms with Crippen molar-refractivity contribution in [3.8, 4) is 0 Å². The van der Waals surface area contributed by atoms with E-state index in [4.69, 9.17) is 21.1 Å². The molecule has 0 radical (unpaired) electrons. The van der Waals surface area contributed by atoms with E-state index in [0.29, 0.717) is 10.6 Å². The van der Waals surface area contributed by atoms with Crippen LogP contribution in [0.2, 0.25) is 5.02 Å². The summed E-state index contributed by atoms with van der Waals surface area (Å²) in [6.45, 7) is 4.71. The third-order valence-corrected chi connectivity index (χ3v) is 3.17. The molecule has 1 aliphatic heterocycles. The van der Waals surface area contributed by atoms with Crippen LogP contribution in [0.15, 0.2) is 24.3 Å².